The van der Waals surface area contributed by atoms with Gasteiger partial charge in [-0.15, -0.1) is 0 Å². The van der Waals surface area contributed by atoms with Crippen LogP contribution in [0.15, 0.2) is 40.8 Å². The fraction of sp³-hybridized carbons (Fsp3) is 0.286. The lowest BCUT2D eigenvalue weighted by atomic mass is 10.0. The molecule has 0 aliphatic rings. The number of rotatable bonds is 4. The van der Waals surface area contributed by atoms with Crippen LogP contribution in [-0.2, 0) is 6.42 Å². The number of furan rings is 1. The number of benzene rings is 1. The molecular formula is C14H17NO2. The van der Waals surface area contributed by atoms with E-state index >= 15 is 0 Å². The minimum atomic E-state index is -0.698. The Hall–Kier alpha value is -1.58. The summed E-state index contributed by atoms with van der Waals surface area (Å²) in [6.45, 7) is 2.50. The number of nitrogens with two attached hydrogens (primary N) is 1. The predicted molar refractivity (Wildman–Crippen MR) is 66.7 cm³/mol. The summed E-state index contributed by atoms with van der Waals surface area (Å²) in [6.07, 6.45) is 0.159. The number of hydrogen-bond donors (Lipinski definition) is 2. The summed E-state index contributed by atoms with van der Waals surface area (Å²) in [5.41, 5.74) is 7.50. The van der Waals surface area contributed by atoms with Gasteiger partial charge in [0.15, 0.2) is 0 Å². The van der Waals surface area contributed by atoms with Crippen LogP contribution in [0.4, 0.5) is 0 Å². The Morgan fingerprint density at radius 2 is 1.88 bits per heavy atom. The van der Waals surface area contributed by atoms with Crippen molar-refractivity contribution in [2.24, 2.45) is 5.73 Å². The monoisotopic (exact) mass is 231 g/mol. The van der Waals surface area contributed by atoms with Gasteiger partial charge in [0.1, 0.15) is 17.6 Å². The maximum atomic E-state index is 10.1. The number of aliphatic hydroxyl groups excluding tert-OH is 1. The highest BCUT2D eigenvalue weighted by Gasteiger charge is 2.13. The fourth-order valence-corrected chi connectivity index (χ4v) is 1.80. The molecule has 0 aliphatic heterocycles. The van der Waals surface area contributed by atoms with Crippen LogP contribution in [-0.4, -0.2) is 11.7 Å². The molecule has 0 bridgehead atoms. The summed E-state index contributed by atoms with van der Waals surface area (Å²) in [5, 5.41) is 10.1. The SMILES string of the molecule is Cc1ccc(C(O)c2ccc(CCN)cc2)o1. The molecule has 2 rings (SSSR count). The summed E-state index contributed by atoms with van der Waals surface area (Å²) in [6, 6.07) is 11.4. The molecule has 1 heterocycles. The van der Waals surface area contributed by atoms with E-state index in [-0.39, 0.29) is 0 Å². The van der Waals surface area contributed by atoms with E-state index in [1.165, 1.54) is 5.56 Å². The molecule has 1 aromatic carbocycles. The first-order valence-corrected chi connectivity index (χ1v) is 5.74. The van der Waals surface area contributed by atoms with Gasteiger partial charge in [-0.1, -0.05) is 24.3 Å². The zero-order valence-corrected chi connectivity index (χ0v) is 9.89. The molecule has 90 valence electrons. The summed E-state index contributed by atoms with van der Waals surface area (Å²) in [7, 11) is 0. The zero-order valence-electron chi connectivity index (χ0n) is 9.89. The molecular weight excluding hydrogens is 214 g/mol. The minimum Gasteiger partial charge on any atom is -0.463 e. The van der Waals surface area contributed by atoms with Gasteiger partial charge >= 0.3 is 0 Å². The van der Waals surface area contributed by atoms with Crippen molar-refractivity contribution in [2.45, 2.75) is 19.4 Å². The van der Waals surface area contributed by atoms with Crippen LogP contribution in [0.25, 0.3) is 0 Å². The van der Waals surface area contributed by atoms with Crippen molar-refractivity contribution < 1.29 is 9.52 Å². The third-order valence-electron chi connectivity index (χ3n) is 2.76. The number of hydrogen-bond acceptors (Lipinski definition) is 3. The van der Waals surface area contributed by atoms with Crippen LogP contribution in [0.1, 0.15) is 28.8 Å². The van der Waals surface area contributed by atoms with E-state index in [2.05, 4.69) is 0 Å². The molecule has 17 heavy (non-hydrogen) atoms. The highest BCUT2D eigenvalue weighted by atomic mass is 16.4. The van der Waals surface area contributed by atoms with E-state index in [0.717, 1.165) is 17.7 Å². The lowest BCUT2D eigenvalue weighted by Crippen LogP contribution is -2.03. The van der Waals surface area contributed by atoms with Gasteiger partial charge in [-0.05, 0) is 43.1 Å². The van der Waals surface area contributed by atoms with Crippen molar-refractivity contribution in [3.63, 3.8) is 0 Å². The molecule has 1 unspecified atom stereocenters. The smallest absolute Gasteiger partial charge is 0.137 e. The predicted octanol–water partition coefficient (Wildman–Crippen LogP) is 2.17. The topological polar surface area (TPSA) is 59.4 Å². The molecule has 3 nitrogen and oxygen atoms in total. The Balaban J connectivity index is 2.16. The lowest BCUT2D eigenvalue weighted by Gasteiger charge is -2.09. The van der Waals surface area contributed by atoms with Gasteiger partial charge in [-0.25, -0.2) is 0 Å². The summed E-state index contributed by atoms with van der Waals surface area (Å²) in [4.78, 5) is 0. The molecule has 0 aliphatic carbocycles. The third kappa shape index (κ3) is 2.75. The van der Waals surface area contributed by atoms with Crippen LogP contribution in [0.2, 0.25) is 0 Å². The van der Waals surface area contributed by atoms with Crippen LogP contribution in [0.3, 0.4) is 0 Å². The van der Waals surface area contributed by atoms with Crippen LogP contribution in [0, 0.1) is 6.92 Å². The lowest BCUT2D eigenvalue weighted by molar-refractivity contribution is 0.187. The second kappa shape index (κ2) is 5.17. The highest BCUT2D eigenvalue weighted by Crippen LogP contribution is 2.23. The molecule has 2 aromatic rings. The molecule has 0 radical (unpaired) electrons. The first kappa shape index (κ1) is 11.9. The van der Waals surface area contributed by atoms with E-state index in [4.69, 9.17) is 10.2 Å². The molecule has 0 amide bonds. The Morgan fingerprint density at radius 1 is 1.18 bits per heavy atom. The number of aryl methyl sites for hydroxylation is 1. The van der Waals surface area contributed by atoms with Gasteiger partial charge in [-0.2, -0.15) is 0 Å². The van der Waals surface area contributed by atoms with Crippen molar-refractivity contribution in [3.8, 4) is 0 Å². The Labute approximate surface area is 101 Å². The average molecular weight is 231 g/mol. The first-order chi connectivity index (χ1) is 8.20. The van der Waals surface area contributed by atoms with E-state index in [1.54, 1.807) is 6.07 Å². The van der Waals surface area contributed by atoms with Crippen molar-refractivity contribution in [1.82, 2.24) is 0 Å². The molecule has 3 N–H and O–H groups in total. The van der Waals surface area contributed by atoms with Crippen molar-refractivity contribution >= 4 is 0 Å². The molecule has 0 fully saturated rings. The van der Waals surface area contributed by atoms with Gasteiger partial charge < -0.3 is 15.3 Å². The summed E-state index contributed by atoms with van der Waals surface area (Å²) >= 11 is 0. The summed E-state index contributed by atoms with van der Waals surface area (Å²) in [5.74, 6) is 1.38. The van der Waals surface area contributed by atoms with Crippen molar-refractivity contribution in [3.05, 3.63) is 59.0 Å². The van der Waals surface area contributed by atoms with Crippen LogP contribution in [0.5, 0.6) is 0 Å². The van der Waals surface area contributed by atoms with Gasteiger partial charge in [-0.3, -0.25) is 0 Å². The third-order valence-corrected chi connectivity index (χ3v) is 2.76. The van der Waals surface area contributed by atoms with E-state index in [1.807, 2.05) is 37.3 Å². The van der Waals surface area contributed by atoms with Gasteiger partial charge in [0, 0.05) is 0 Å². The molecule has 1 aromatic heterocycles. The maximum Gasteiger partial charge on any atom is 0.137 e. The fourth-order valence-electron chi connectivity index (χ4n) is 1.80. The van der Waals surface area contributed by atoms with Gasteiger partial charge in [0.05, 0.1) is 0 Å². The second-order valence-corrected chi connectivity index (χ2v) is 4.13. The molecule has 0 saturated heterocycles. The Bertz CT molecular complexity index is 473. The van der Waals surface area contributed by atoms with Crippen molar-refractivity contribution in [1.29, 1.82) is 0 Å². The van der Waals surface area contributed by atoms with Gasteiger partial charge in [0.2, 0.25) is 0 Å². The van der Waals surface area contributed by atoms with Crippen LogP contribution >= 0.6 is 0 Å². The van der Waals surface area contributed by atoms with E-state index in [0.29, 0.717) is 12.3 Å². The van der Waals surface area contributed by atoms with Crippen LogP contribution < -0.4 is 5.73 Å². The largest absolute Gasteiger partial charge is 0.463 e. The Morgan fingerprint density at radius 3 is 2.41 bits per heavy atom. The quantitative estimate of drug-likeness (QED) is 0.847. The average Bonchev–Trinajstić information content (AvgIpc) is 2.76. The van der Waals surface area contributed by atoms with Gasteiger partial charge in [0.25, 0.3) is 0 Å². The normalized spacial score (nSPS) is 12.6. The maximum absolute atomic E-state index is 10.1. The number of aliphatic hydroxyl groups is 1. The molecule has 0 spiro atoms. The van der Waals surface area contributed by atoms with E-state index < -0.39 is 6.10 Å². The molecule has 1 atom stereocenters. The van der Waals surface area contributed by atoms with E-state index in [9.17, 15) is 5.11 Å². The van der Waals surface area contributed by atoms with Crippen molar-refractivity contribution in [2.75, 3.05) is 6.54 Å². The minimum absolute atomic E-state index is 0.578. The highest BCUT2D eigenvalue weighted by molar-refractivity contribution is 5.28. The Kier molecular flexibility index (Phi) is 3.61. The second-order valence-electron chi connectivity index (χ2n) is 4.13. The standard InChI is InChI=1S/C14H17NO2/c1-10-2-7-13(17-10)14(16)12-5-3-11(4-6-12)8-9-15/h2-7,14,16H,8-9,15H2,1H3. The first-order valence-electron chi connectivity index (χ1n) is 5.74. The molecule has 0 saturated carbocycles. The molecule has 3 heteroatoms. The summed E-state index contributed by atoms with van der Waals surface area (Å²) < 4.78 is 5.41. The zero-order chi connectivity index (χ0) is 12.3.